The number of halogens is 1. The molecule has 7 rings (SSSR count). The first kappa shape index (κ1) is 26.6. The highest BCUT2D eigenvalue weighted by atomic mass is 19.1. The predicted molar refractivity (Wildman–Crippen MR) is 159 cm³/mol. The lowest BCUT2D eigenvalue weighted by atomic mass is 9.62. The summed E-state index contributed by atoms with van der Waals surface area (Å²) in [5.41, 5.74) is 2.01. The molecule has 0 unspecified atom stereocenters. The number of benzene rings is 4. The molecule has 8 heteroatoms. The van der Waals surface area contributed by atoms with E-state index in [9.17, 15) is 18.8 Å². The van der Waals surface area contributed by atoms with E-state index in [0.717, 1.165) is 11.1 Å². The van der Waals surface area contributed by atoms with Crippen molar-refractivity contribution in [3.63, 3.8) is 0 Å². The van der Waals surface area contributed by atoms with Gasteiger partial charge >= 0.3 is 0 Å². The number of ether oxygens (including phenoxy) is 2. The summed E-state index contributed by atoms with van der Waals surface area (Å²) in [6.45, 7) is 0. The first-order valence-corrected chi connectivity index (χ1v) is 13.9. The van der Waals surface area contributed by atoms with Crippen molar-refractivity contribution in [2.24, 2.45) is 5.92 Å². The molecular formula is C35H27FN2O5. The van der Waals surface area contributed by atoms with E-state index in [1.165, 1.54) is 38.5 Å². The number of amides is 1. The lowest BCUT2D eigenvalue weighted by Crippen LogP contribution is -2.49. The van der Waals surface area contributed by atoms with E-state index in [0.29, 0.717) is 22.7 Å². The predicted octanol–water partition coefficient (Wildman–Crippen LogP) is 5.82. The van der Waals surface area contributed by atoms with E-state index in [1.54, 1.807) is 24.4 Å². The van der Waals surface area contributed by atoms with Gasteiger partial charge in [-0.05, 0) is 71.3 Å². The third kappa shape index (κ3) is 3.75. The van der Waals surface area contributed by atoms with Crippen LogP contribution in [0.3, 0.4) is 0 Å². The van der Waals surface area contributed by atoms with Crippen LogP contribution in [0.4, 0.5) is 10.1 Å². The molecule has 3 aliphatic heterocycles. The Balaban J connectivity index is 1.52. The Morgan fingerprint density at radius 2 is 1.53 bits per heavy atom. The van der Waals surface area contributed by atoms with Gasteiger partial charge in [0.05, 0.1) is 26.2 Å². The second-order valence-electron chi connectivity index (χ2n) is 10.9. The lowest BCUT2D eigenvalue weighted by molar-refractivity contribution is -0.122. The number of hydrogen-bond acceptors (Lipinski definition) is 6. The summed E-state index contributed by atoms with van der Waals surface area (Å²) in [6.07, 6.45) is 3.70. The number of nitrogens with zero attached hydrogens (tertiary/aromatic N) is 1. The molecule has 7 nitrogen and oxygen atoms in total. The van der Waals surface area contributed by atoms with Gasteiger partial charge in [0.25, 0.3) is 0 Å². The van der Waals surface area contributed by atoms with E-state index in [2.05, 4.69) is 5.32 Å². The highest BCUT2D eigenvalue weighted by molar-refractivity contribution is 6.16. The van der Waals surface area contributed by atoms with Crippen LogP contribution in [0.5, 0.6) is 11.5 Å². The van der Waals surface area contributed by atoms with Gasteiger partial charge in [-0.2, -0.15) is 0 Å². The smallest absolute Gasteiger partial charge is 0.238 e. The van der Waals surface area contributed by atoms with Gasteiger partial charge in [-0.1, -0.05) is 42.5 Å². The molecule has 214 valence electrons. The van der Waals surface area contributed by atoms with Crippen LogP contribution >= 0.6 is 0 Å². The summed E-state index contributed by atoms with van der Waals surface area (Å²) in [7, 11) is 2.98. The minimum Gasteiger partial charge on any atom is -0.493 e. The second-order valence-corrected chi connectivity index (χ2v) is 10.9. The average molecular weight is 575 g/mol. The molecule has 4 atom stereocenters. The second kappa shape index (κ2) is 9.94. The Kier molecular flexibility index (Phi) is 6.16. The molecule has 0 radical (unpaired) electrons. The first-order valence-electron chi connectivity index (χ1n) is 13.9. The zero-order valence-electron chi connectivity index (χ0n) is 23.4. The van der Waals surface area contributed by atoms with Crippen LogP contribution in [-0.4, -0.2) is 42.6 Å². The van der Waals surface area contributed by atoms with Gasteiger partial charge in [-0.3, -0.25) is 14.4 Å². The van der Waals surface area contributed by atoms with Crippen molar-refractivity contribution in [3.05, 3.63) is 131 Å². The van der Waals surface area contributed by atoms with E-state index in [-0.39, 0.29) is 22.8 Å². The van der Waals surface area contributed by atoms with Crippen LogP contribution in [0.2, 0.25) is 0 Å². The molecule has 43 heavy (non-hydrogen) atoms. The number of para-hydroxylation sites is 1. The van der Waals surface area contributed by atoms with Crippen molar-refractivity contribution >= 4 is 29.2 Å². The number of carbonyl (C=O) groups is 3. The number of hydrogen-bond donors (Lipinski definition) is 1. The van der Waals surface area contributed by atoms with Crippen LogP contribution in [0, 0.1) is 11.7 Å². The van der Waals surface area contributed by atoms with Crippen LogP contribution < -0.4 is 14.8 Å². The highest BCUT2D eigenvalue weighted by Gasteiger charge is 2.70. The number of ketones is 2. The first-order chi connectivity index (χ1) is 20.9. The summed E-state index contributed by atoms with van der Waals surface area (Å²) in [6, 6.07) is 23.4. The number of Topliss-reactive ketones (excluding diaryl/α,β-unsaturated/α-hetero) is 2. The lowest BCUT2D eigenvalue weighted by Gasteiger charge is -2.38. The molecule has 0 saturated carbocycles. The fourth-order valence-corrected chi connectivity index (χ4v) is 7.12. The van der Waals surface area contributed by atoms with E-state index in [1.807, 2.05) is 59.5 Å². The third-order valence-electron chi connectivity index (χ3n) is 8.92. The van der Waals surface area contributed by atoms with E-state index >= 15 is 0 Å². The standard InChI is InChI=1S/C35H27FN2O5/c1-42-27-16-13-22(19-28(27)43-2)31(39)29-30(32(40)21-11-14-23(36)15-12-21)38-18-17-20-7-3-4-8-24(20)33(38)35(29)25-9-5-6-10-26(25)37-34(35)41/h3-19,29-30,33H,1-2H3,(H,37,41)/t29-,30+,33+,35+/m0/s1. The fraction of sp³-hybridized carbons (Fsp3) is 0.171. The number of rotatable bonds is 6. The van der Waals surface area contributed by atoms with E-state index < -0.39 is 35.0 Å². The molecular weight excluding hydrogens is 547 g/mol. The van der Waals surface area contributed by atoms with Crippen molar-refractivity contribution < 1.29 is 28.2 Å². The molecule has 3 aliphatic rings. The van der Waals surface area contributed by atoms with Crippen molar-refractivity contribution in [3.8, 4) is 11.5 Å². The largest absolute Gasteiger partial charge is 0.493 e. The summed E-state index contributed by atoms with van der Waals surface area (Å²) in [4.78, 5) is 45.8. The molecule has 0 bridgehead atoms. The Morgan fingerprint density at radius 3 is 2.30 bits per heavy atom. The molecule has 1 saturated heterocycles. The maximum Gasteiger partial charge on any atom is 0.238 e. The van der Waals surface area contributed by atoms with Gasteiger partial charge in [0.1, 0.15) is 17.3 Å². The summed E-state index contributed by atoms with van der Waals surface area (Å²) < 4.78 is 24.8. The molecule has 1 N–H and O–H groups in total. The number of anilines is 1. The Hall–Kier alpha value is -5.24. The van der Waals surface area contributed by atoms with Crippen LogP contribution in [0.1, 0.15) is 43.4 Å². The zero-order valence-corrected chi connectivity index (χ0v) is 23.4. The van der Waals surface area contributed by atoms with Crippen LogP contribution in [0.15, 0.2) is 97.2 Å². The number of nitrogens with one attached hydrogen (secondary N) is 1. The molecule has 4 aromatic rings. The molecule has 1 spiro atoms. The molecule has 3 heterocycles. The van der Waals surface area contributed by atoms with Crippen LogP contribution in [-0.2, 0) is 10.2 Å². The number of carbonyl (C=O) groups excluding carboxylic acids is 3. The van der Waals surface area contributed by atoms with E-state index in [4.69, 9.17) is 9.47 Å². The molecule has 4 aromatic carbocycles. The van der Waals surface area contributed by atoms with Crippen molar-refractivity contribution in [2.75, 3.05) is 19.5 Å². The number of fused-ring (bicyclic) bond motifs is 6. The summed E-state index contributed by atoms with van der Waals surface area (Å²) >= 11 is 0. The van der Waals surface area contributed by atoms with Gasteiger partial charge in [-0.15, -0.1) is 0 Å². The minimum absolute atomic E-state index is 0.242. The Morgan fingerprint density at radius 1 is 0.837 bits per heavy atom. The van der Waals surface area contributed by atoms with Crippen molar-refractivity contribution in [2.45, 2.75) is 17.5 Å². The maximum absolute atomic E-state index is 14.9. The van der Waals surface area contributed by atoms with Crippen LogP contribution in [0.25, 0.3) is 6.08 Å². The summed E-state index contributed by atoms with van der Waals surface area (Å²) in [5.74, 6) is -1.99. The SMILES string of the molecule is COc1ccc(C(=O)[C@@H]2[C@H](C(=O)c3ccc(F)cc3)N3C=Cc4ccccc4[C@@H]3[C@]23C(=O)Nc2ccccc23)cc1OC. The third-order valence-corrected chi connectivity index (χ3v) is 8.92. The number of methoxy groups -OCH3 is 2. The normalized spacial score (nSPS) is 22.9. The fourth-order valence-electron chi connectivity index (χ4n) is 7.12. The van der Waals surface area contributed by atoms with Crippen molar-refractivity contribution in [1.82, 2.24) is 4.90 Å². The molecule has 1 fully saturated rings. The topological polar surface area (TPSA) is 84.9 Å². The van der Waals surface area contributed by atoms with Gasteiger partial charge in [0.2, 0.25) is 5.91 Å². The van der Waals surface area contributed by atoms with Gasteiger partial charge < -0.3 is 19.7 Å². The minimum atomic E-state index is -1.47. The van der Waals surface area contributed by atoms with Crippen molar-refractivity contribution in [1.29, 1.82) is 0 Å². The Bertz CT molecular complexity index is 1830. The summed E-state index contributed by atoms with van der Waals surface area (Å²) in [5, 5.41) is 3.03. The average Bonchev–Trinajstić information content (AvgIpc) is 3.52. The molecule has 1 amide bonds. The van der Waals surface area contributed by atoms with Gasteiger partial charge in [0.15, 0.2) is 23.1 Å². The molecule has 0 aliphatic carbocycles. The zero-order chi connectivity index (χ0) is 29.9. The maximum atomic E-state index is 14.9. The Labute approximate surface area is 247 Å². The van der Waals surface area contributed by atoms with Gasteiger partial charge in [0, 0.05) is 23.0 Å². The molecule has 0 aromatic heterocycles. The quantitative estimate of drug-likeness (QED) is 0.292. The highest BCUT2D eigenvalue weighted by Crippen LogP contribution is 2.62. The van der Waals surface area contributed by atoms with Gasteiger partial charge in [-0.25, -0.2) is 4.39 Å². The monoisotopic (exact) mass is 574 g/mol.